The molecule has 0 fully saturated rings. The molecule has 0 N–H and O–H groups in total. The van der Waals surface area contributed by atoms with Gasteiger partial charge in [0.05, 0.1) is 33.6 Å². The molecule has 10 rings (SSSR count). The van der Waals surface area contributed by atoms with Gasteiger partial charge in [0, 0.05) is 45.9 Å². The number of para-hydroxylation sites is 3. The first-order valence-corrected chi connectivity index (χ1v) is 23.0. The molecular weight excluding hydrogens is 805 g/mol. The third-order valence-electron chi connectivity index (χ3n) is 13.0. The van der Waals surface area contributed by atoms with Gasteiger partial charge in [-0.3, -0.25) is 4.57 Å². The summed E-state index contributed by atoms with van der Waals surface area (Å²) < 4.78 is 44.1. The van der Waals surface area contributed by atoms with E-state index in [2.05, 4.69) is 181 Å². The Morgan fingerprint density at radius 2 is 1.20 bits per heavy atom. The van der Waals surface area contributed by atoms with Gasteiger partial charge in [0.2, 0.25) is 0 Å². The number of benzene rings is 7. The molecule has 0 unspecified atom stereocenters. The van der Waals surface area contributed by atoms with Gasteiger partial charge in [-0.05, 0) is 117 Å². The van der Waals surface area contributed by atoms with E-state index < -0.39 is 0 Å². The van der Waals surface area contributed by atoms with Gasteiger partial charge < -0.3 is 14.5 Å². The van der Waals surface area contributed by atoms with E-state index in [9.17, 15) is 0 Å². The number of aromatic nitrogens is 2. The van der Waals surface area contributed by atoms with Crippen LogP contribution >= 0.6 is 0 Å². The fourth-order valence-corrected chi connectivity index (χ4v) is 9.19. The van der Waals surface area contributed by atoms with Crippen LogP contribution in [0.5, 0.6) is 11.5 Å². The number of hydrogen-bond donors (Lipinski definition) is 0. The van der Waals surface area contributed by atoms with Gasteiger partial charge in [-0.1, -0.05) is 153 Å². The van der Waals surface area contributed by atoms with Crippen LogP contribution < -0.4 is 14.5 Å². The van der Waals surface area contributed by atoms with Crippen LogP contribution in [0.1, 0.15) is 90.1 Å². The van der Waals surface area contributed by atoms with Crippen molar-refractivity contribution in [2.45, 2.75) is 85.5 Å². The zero-order chi connectivity index (χ0) is 49.6. The van der Waals surface area contributed by atoms with Crippen molar-refractivity contribution in [3.8, 4) is 39.6 Å². The fourth-order valence-electron chi connectivity index (χ4n) is 9.19. The molecule has 0 amide bonds. The Balaban J connectivity index is 1.10. The monoisotopic (exact) mass is 869 g/mol. The summed E-state index contributed by atoms with van der Waals surface area (Å²) in [5.41, 5.74) is 14.3. The molecule has 0 radical (unpaired) electrons. The standard InChI is InChI=1S/C61H60N4O/c1-40-27-28-46(37-56(40)66-47-29-30-49-48-23-14-15-24-52(48)65(55(49)38-47)57-36-44(31-32-62-57)60(5,6)7)63-39-64(54-26-17-16-25-53(54)63)58-50(41-19-12-11-13-20-41)34-45(61(8,9)10)35-51(58)42-21-18-22-43(33-42)59(2,3)4/h11-38H,39H2,1-10H3/i14D,15D,23D,24D. The Bertz CT molecular complexity index is 3520. The van der Waals surface area contributed by atoms with Gasteiger partial charge in [0.15, 0.2) is 0 Å². The summed E-state index contributed by atoms with van der Waals surface area (Å²) in [4.78, 5) is 9.62. The van der Waals surface area contributed by atoms with Gasteiger partial charge in [-0.25, -0.2) is 4.98 Å². The maximum Gasteiger partial charge on any atom is 0.137 e. The molecule has 1 aliphatic rings. The van der Waals surface area contributed by atoms with Crippen molar-refractivity contribution in [1.29, 1.82) is 0 Å². The average molecular weight is 869 g/mol. The van der Waals surface area contributed by atoms with Crippen molar-refractivity contribution in [2.24, 2.45) is 0 Å². The summed E-state index contributed by atoms with van der Waals surface area (Å²) in [5, 5.41) is 1.13. The van der Waals surface area contributed by atoms with E-state index in [1.54, 1.807) is 6.20 Å². The molecule has 1 aliphatic heterocycles. The van der Waals surface area contributed by atoms with E-state index in [0.29, 0.717) is 45.8 Å². The fraction of sp³-hybridized carbons (Fsp3) is 0.230. The summed E-state index contributed by atoms with van der Waals surface area (Å²) in [6.07, 6.45) is 1.76. The third-order valence-corrected chi connectivity index (χ3v) is 13.0. The second-order valence-electron chi connectivity index (χ2n) is 20.8. The lowest BCUT2D eigenvalue weighted by atomic mass is 9.81. The van der Waals surface area contributed by atoms with Crippen LogP contribution in [-0.2, 0) is 16.2 Å². The summed E-state index contributed by atoms with van der Waals surface area (Å²) in [6.45, 7) is 22.7. The van der Waals surface area contributed by atoms with E-state index in [1.807, 2.05) is 41.8 Å². The van der Waals surface area contributed by atoms with Crippen LogP contribution in [0.4, 0.5) is 22.7 Å². The molecule has 0 spiro atoms. The van der Waals surface area contributed by atoms with Gasteiger partial charge in [0.25, 0.3) is 0 Å². The maximum atomic E-state index is 9.11. The second-order valence-corrected chi connectivity index (χ2v) is 20.8. The topological polar surface area (TPSA) is 33.5 Å². The van der Waals surface area contributed by atoms with Crippen molar-refractivity contribution < 1.29 is 10.2 Å². The predicted molar refractivity (Wildman–Crippen MR) is 279 cm³/mol. The highest BCUT2D eigenvalue weighted by molar-refractivity contribution is 6.09. The smallest absolute Gasteiger partial charge is 0.137 e. The second kappa shape index (κ2) is 16.1. The van der Waals surface area contributed by atoms with Gasteiger partial charge in [-0.15, -0.1) is 0 Å². The molecule has 0 bridgehead atoms. The van der Waals surface area contributed by atoms with Crippen LogP contribution in [0, 0.1) is 6.92 Å². The van der Waals surface area contributed by atoms with Gasteiger partial charge >= 0.3 is 0 Å². The minimum absolute atomic E-state index is 0.0305. The number of nitrogens with zero attached hydrogens (tertiary/aromatic N) is 4. The third kappa shape index (κ3) is 7.81. The zero-order valence-electron chi connectivity index (χ0n) is 43.8. The molecule has 9 aromatic rings. The average Bonchev–Trinajstić information content (AvgIpc) is 3.89. The number of anilines is 4. The Morgan fingerprint density at radius 3 is 1.92 bits per heavy atom. The molecule has 3 heterocycles. The Hall–Kier alpha value is -7.11. The summed E-state index contributed by atoms with van der Waals surface area (Å²) in [6, 6.07) is 48.6. The molecule has 0 atom stereocenters. The first-order chi connectivity index (χ1) is 33.2. The van der Waals surface area contributed by atoms with E-state index in [4.69, 9.17) is 15.2 Å². The van der Waals surface area contributed by atoms with Crippen LogP contribution in [0.25, 0.3) is 49.9 Å². The summed E-state index contributed by atoms with van der Waals surface area (Å²) >= 11 is 0. The Labute approximate surface area is 396 Å². The molecule has 5 nitrogen and oxygen atoms in total. The van der Waals surface area contributed by atoms with E-state index in [0.717, 1.165) is 39.4 Å². The Morgan fingerprint density at radius 1 is 0.545 bits per heavy atom. The van der Waals surface area contributed by atoms with Crippen LogP contribution in [0.3, 0.4) is 0 Å². The summed E-state index contributed by atoms with van der Waals surface area (Å²) in [7, 11) is 0. The maximum absolute atomic E-state index is 9.11. The van der Waals surface area contributed by atoms with Crippen molar-refractivity contribution >= 4 is 44.6 Å². The highest BCUT2D eigenvalue weighted by Gasteiger charge is 2.33. The number of pyridine rings is 1. The largest absolute Gasteiger partial charge is 0.457 e. The number of ether oxygens (including phenoxy) is 1. The first kappa shape index (κ1) is 38.2. The lowest BCUT2D eigenvalue weighted by Crippen LogP contribution is -2.25. The zero-order valence-corrected chi connectivity index (χ0v) is 39.8. The molecule has 0 saturated heterocycles. The first-order valence-electron chi connectivity index (χ1n) is 25.0. The van der Waals surface area contributed by atoms with Crippen LogP contribution in [0.15, 0.2) is 170 Å². The van der Waals surface area contributed by atoms with E-state index >= 15 is 0 Å². The lowest BCUT2D eigenvalue weighted by Gasteiger charge is -2.30. The van der Waals surface area contributed by atoms with E-state index in [-0.39, 0.29) is 40.4 Å². The Kier molecular flexibility index (Phi) is 9.31. The van der Waals surface area contributed by atoms with E-state index in [1.165, 1.54) is 27.8 Å². The minimum Gasteiger partial charge on any atom is -0.457 e. The number of hydrogen-bond acceptors (Lipinski definition) is 4. The molecule has 330 valence electrons. The molecule has 2 aromatic heterocycles. The normalized spacial score (nSPS) is 14.0. The number of rotatable bonds is 7. The molecule has 0 saturated carbocycles. The van der Waals surface area contributed by atoms with Crippen LogP contribution in [-0.4, -0.2) is 16.2 Å². The SMILES string of the molecule is [2H]c1c([2H])c([2H])c2c(c1[2H])c1ccc(Oc3cc(N4CN(c5c(-c6ccccc6)cc(C(C)(C)C)cc5-c5cccc(C(C)(C)C)c5)c5ccccc54)ccc3C)cc1n2-c1cc(C(C)(C)C)ccn1. The predicted octanol–water partition coefficient (Wildman–Crippen LogP) is 16.8. The molecule has 66 heavy (non-hydrogen) atoms. The molecule has 7 aromatic carbocycles. The molecule has 5 heteroatoms. The van der Waals surface area contributed by atoms with Crippen molar-refractivity contribution in [2.75, 3.05) is 16.5 Å². The molecular formula is C61H60N4O. The van der Waals surface area contributed by atoms with Crippen LogP contribution in [0.2, 0.25) is 0 Å². The highest BCUT2D eigenvalue weighted by Crippen LogP contribution is 2.52. The minimum atomic E-state index is -0.288. The van der Waals surface area contributed by atoms with Crippen molar-refractivity contribution in [1.82, 2.24) is 9.55 Å². The van der Waals surface area contributed by atoms with Gasteiger partial charge in [0.1, 0.15) is 24.0 Å². The summed E-state index contributed by atoms with van der Waals surface area (Å²) in [5.74, 6) is 1.82. The number of aryl methyl sites for hydroxylation is 1. The number of fused-ring (bicyclic) bond motifs is 4. The van der Waals surface area contributed by atoms with Crippen molar-refractivity contribution in [3.63, 3.8) is 0 Å². The highest BCUT2D eigenvalue weighted by atomic mass is 16.5. The quantitative estimate of drug-likeness (QED) is 0.160. The van der Waals surface area contributed by atoms with Gasteiger partial charge in [-0.2, -0.15) is 0 Å². The van der Waals surface area contributed by atoms with Crippen molar-refractivity contribution in [3.05, 3.63) is 192 Å². The molecule has 0 aliphatic carbocycles. The lowest BCUT2D eigenvalue weighted by molar-refractivity contribution is 0.479.